The largest absolute Gasteiger partial charge is 0.466 e. The van der Waals surface area contributed by atoms with E-state index in [1.165, 1.54) is 0 Å². The highest BCUT2D eigenvalue weighted by Crippen LogP contribution is 2.25. The van der Waals surface area contributed by atoms with Crippen molar-refractivity contribution in [3.05, 3.63) is 60.4 Å². The first-order valence-electron chi connectivity index (χ1n) is 6.96. The van der Waals surface area contributed by atoms with Crippen molar-refractivity contribution in [1.29, 1.82) is 0 Å². The number of aromatic nitrogens is 2. The first-order valence-corrected chi connectivity index (χ1v) is 6.96. The van der Waals surface area contributed by atoms with Crippen molar-refractivity contribution in [3.63, 3.8) is 0 Å². The Hall–Kier alpha value is -2.62. The van der Waals surface area contributed by atoms with Gasteiger partial charge in [-0.3, -0.25) is 9.20 Å². The molecule has 21 heavy (non-hydrogen) atoms. The van der Waals surface area contributed by atoms with Crippen molar-refractivity contribution < 1.29 is 9.53 Å². The summed E-state index contributed by atoms with van der Waals surface area (Å²) in [6, 6.07) is 15.8. The molecule has 0 bridgehead atoms. The quantitative estimate of drug-likeness (QED) is 0.690. The van der Waals surface area contributed by atoms with Crippen LogP contribution in [-0.4, -0.2) is 22.0 Å². The molecule has 0 spiro atoms. The van der Waals surface area contributed by atoms with Crippen LogP contribution in [0.3, 0.4) is 0 Å². The summed E-state index contributed by atoms with van der Waals surface area (Å²) in [4.78, 5) is 16.4. The Kier molecular flexibility index (Phi) is 3.69. The molecule has 3 rings (SSSR count). The summed E-state index contributed by atoms with van der Waals surface area (Å²) in [5, 5.41) is 0. The molecule has 0 radical (unpaired) electrons. The van der Waals surface area contributed by atoms with E-state index in [1.807, 2.05) is 59.1 Å². The summed E-state index contributed by atoms with van der Waals surface area (Å²) in [6.07, 6.45) is 2.14. The van der Waals surface area contributed by atoms with Crippen LogP contribution in [-0.2, 0) is 16.0 Å². The molecule has 3 aromatic rings. The van der Waals surface area contributed by atoms with E-state index in [4.69, 9.17) is 4.74 Å². The first-order chi connectivity index (χ1) is 10.3. The number of benzene rings is 1. The number of carbonyl (C=O) groups excluding carboxylic acids is 1. The average molecular weight is 280 g/mol. The van der Waals surface area contributed by atoms with E-state index in [1.54, 1.807) is 6.92 Å². The minimum Gasteiger partial charge on any atom is -0.466 e. The van der Waals surface area contributed by atoms with Gasteiger partial charge in [0.2, 0.25) is 0 Å². The van der Waals surface area contributed by atoms with Gasteiger partial charge in [0.25, 0.3) is 0 Å². The summed E-state index contributed by atoms with van der Waals surface area (Å²) in [5.74, 6) is -0.252. The molecular formula is C17H16N2O2. The molecule has 0 aliphatic rings. The van der Waals surface area contributed by atoms with Crippen LogP contribution >= 0.6 is 0 Å². The molecule has 0 aliphatic carbocycles. The standard InChI is InChI=1S/C17H16N2O2/c1-2-21-16(20)12-14-17(13-8-4-3-5-9-13)19-11-7-6-10-15(19)18-14/h3-11H,2,12H2,1H3. The molecule has 0 atom stereocenters. The van der Waals surface area contributed by atoms with Crippen LogP contribution in [0.15, 0.2) is 54.7 Å². The van der Waals surface area contributed by atoms with Crippen LogP contribution in [0.1, 0.15) is 12.6 Å². The van der Waals surface area contributed by atoms with Gasteiger partial charge in [0.05, 0.1) is 24.4 Å². The number of imidazole rings is 1. The van der Waals surface area contributed by atoms with Gasteiger partial charge in [0.1, 0.15) is 5.65 Å². The molecule has 0 N–H and O–H groups in total. The van der Waals surface area contributed by atoms with Gasteiger partial charge < -0.3 is 4.74 Å². The Morgan fingerprint density at radius 1 is 1.14 bits per heavy atom. The Labute approximate surface area is 123 Å². The van der Waals surface area contributed by atoms with Gasteiger partial charge in [0.15, 0.2) is 0 Å². The van der Waals surface area contributed by atoms with Crippen LogP contribution in [0.2, 0.25) is 0 Å². The first kappa shape index (κ1) is 13.4. The summed E-state index contributed by atoms with van der Waals surface area (Å²) >= 11 is 0. The second-order valence-electron chi connectivity index (χ2n) is 4.68. The maximum Gasteiger partial charge on any atom is 0.311 e. The van der Waals surface area contributed by atoms with Gasteiger partial charge >= 0.3 is 5.97 Å². The maximum atomic E-state index is 11.8. The van der Waals surface area contributed by atoms with Gasteiger partial charge in [-0.25, -0.2) is 4.98 Å². The van der Waals surface area contributed by atoms with Crippen molar-refractivity contribution in [1.82, 2.24) is 9.38 Å². The van der Waals surface area contributed by atoms with Crippen molar-refractivity contribution in [3.8, 4) is 11.3 Å². The normalized spacial score (nSPS) is 10.7. The highest BCUT2D eigenvalue weighted by molar-refractivity contribution is 5.77. The third-order valence-electron chi connectivity index (χ3n) is 3.27. The lowest BCUT2D eigenvalue weighted by Gasteiger charge is -2.05. The third kappa shape index (κ3) is 2.65. The number of esters is 1. The molecule has 2 aromatic heterocycles. The lowest BCUT2D eigenvalue weighted by Crippen LogP contribution is -2.08. The summed E-state index contributed by atoms with van der Waals surface area (Å²) in [5.41, 5.74) is 3.55. The number of carbonyl (C=O) groups is 1. The zero-order valence-corrected chi connectivity index (χ0v) is 11.8. The molecule has 0 aliphatic heterocycles. The van der Waals surface area contributed by atoms with Crippen LogP contribution in [0.5, 0.6) is 0 Å². The second kappa shape index (κ2) is 5.79. The Balaban J connectivity index is 2.13. The van der Waals surface area contributed by atoms with E-state index in [-0.39, 0.29) is 12.4 Å². The zero-order chi connectivity index (χ0) is 14.7. The molecule has 0 saturated heterocycles. The highest BCUT2D eigenvalue weighted by atomic mass is 16.5. The van der Waals surface area contributed by atoms with Gasteiger partial charge in [-0.1, -0.05) is 36.4 Å². The van der Waals surface area contributed by atoms with Crippen LogP contribution < -0.4 is 0 Å². The minimum absolute atomic E-state index is 0.180. The maximum absolute atomic E-state index is 11.8. The molecule has 0 amide bonds. The number of fused-ring (bicyclic) bond motifs is 1. The third-order valence-corrected chi connectivity index (χ3v) is 3.27. The molecule has 0 unspecified atom stereocenters. The van der Waals surface area contributed by atoms with Gasteiger partial charge in [-0.15, -0.1) is 0 Å². The van der Waals surface area contributed by atoms with E-state index < -0.39 is 0 Å². The smallest absolute Gasteiger partial charge is 0.311 e. The van der Waals surface area contributed by atoms with Crippen molar-refractivity contribution in [2.75, 3.05) is 6.61 Å². The number of hydrogen-bond donors (Lipinski definition) is 0. The monoisotopic (exact) mass is 280 g/mol. The molecule has 2 heterocycles. The fraction of sp³-hybridized carbons (Fsp3) is 0.176. The van der Waals surface area contributed by atoms with E-state index in [0.717, 1.165) is 22.6 Å². The summed E-state index contributed by atoms with van der Waals surface area (Å²) < 4.78 is 7.05. The molecule has 4 nitrogen and oxygen atoms in total. The number of ether oxygens (including phenoxy) is 1. The van der Waals surface area contributed by atoms with E-state index in [2.05, 4.69) is 4.98 Å². The fourth-order valence-corrected chi connectivity index (χ4v) is 2.42. The Bertz CT molecular complexity index is 763. The van der Waals surface area contributed by atoms with Gasteiger partial charge in [0, 0.05) is 11.8 Å². The summed E-state index contributed by atoms with van der Waals surface area (Å²) in [7, 11) is 0. The molecule has 0 saturated carbocycles. The molecule has 1 aromatic carbocycles. The van der Waals surface area contributed by atoms with Gasteiger partial charge in [-0.2, -0.15) is 0 Å². The molecular weight excluding hydrogens is 264 g/mol. The topological polar surface area (TPSA) is 43.6 Å². The van der Waals surface area contributed by atoms with Crippen LogP contribution in [0, 0.1) is 0 Å². The lowest BCUT2D eigenvalue weighted by molar-refractivity contribution is -0.142. The van der Waals surface area contributed by atoms with E-state index in [9.17, 15) is 4.79 Å². The van der Waals surface area contributed by atoms with Crippen molar-refractivity contribution >= 4 is 11.6 Å². The van der Waals surface area contributed by atoms with Crippen molar-refractivity contribution in [2.45, 2.75) is 13.3 Å². The molecule has 0 fully saturated rings. The SMILES string of the molecule is CCOC(=O)Cc1nc2ccccn2c1-c1ccccc1. The number of rotatable bonds is 4. The number of pyridine rings is 1. The lowest BCUT2D eigenvalue weighted by atomic mass is 10.1. The van der Waals surface area contributed by atoms with Crippen LogP contribution in [0.4, 0.5) is 0 Å². The predicted molar refractivity (Wildman–Crippen MR) is 81.0 cm³/mol. The Morgan fingerprint density at radius 3 is 2.67 bits per heavy atom. The average Bonchev–Trinajstić information content (AvgIpc) is 2.86. The minimum atomic E-state index is -0.252. The van der Waals surface area contributed by atoms with Gasteiger partial charge in [-0.05, 0) is 19.1 Å². The second-order valence-corrected chi connectivity index (χ2v) is 4.68. The van der Waals surface area contributed by atoms with E-state index in [0.29, 0.717) is 6.61 Å². The van der Waals surface area contributed by atoms with Crippen molar-refractivity contribution in [2.24, 2.45) is 0 Å². The Morgan fingerprint density at radius 2 is 1.90 bits per heavy atom. The highest BCUT2D eigenvalue weighted by Gasteiger charge is 2.17. The zero-order valence-electron chi connectivity index (χ0n) is 11.8. The predicted octanol–water partition coefficient (Wildman–Crippen LogP) is 3.11. The molecule has 106 valence electrons. The number of nitrogens with zero attached hydrogens (tertiary/aromatic N) is 2. The summed E-state index contributed by atoms with van der Waals surface area (Å²) in [6.45, 7) is 2.19. The number of hydrogen-bond acceptors (Lipinski definition) is 3. The molecule has 4 heteroatoms. The van der Waals surface area contributed by atoms with E-state index >= 15 is 0 Å². The fourth-order valence-electron chi connectivity index (χ4n) is 2.42. The van der Waals surface area contributed by atoms with Crippen LogP contribution in [0.25, 0.3) is 16.9 Å².